The van der Waals surface area contributed by atoms with Crippen molar-refractivity contribution >= 4 is 11.9 Å². The zero-order chi connectivity index (χ0) is 29.4. The molecular weight excluding hydrogens is 500 g/mol. The fourth-order valence-corrected chi connectivity index (χ4v) is 4.84. The first-order chi connectivity index (χ1) is 19.6. The summed E-state index contributed by atoms with van der Waals surface area (Å²) in [6.45, 7) is 4.27. The third kappa shape index (κ3) is 31.2. The summed E-state index contributed by atoms with van der Waals surface area (Å²) in [5.74, 6) is -0.570. The van der Waals surface area contributed by atoms with Crippen molar-refractivity contribution in [1.29, 1.82) is 0 Å². The Hall–Kier alpha value is -1.36. The highest BCUT2D eigenvalue weighted by Crippen LogP contribution is 2.13. The molecule has 0 aromatic rings. The van der Waals surface area contributed by atoms with Gasteiger partial charge in [-0.05, 0) is 38.5 Å². The largest absolute Gasteiger partial charge is 0.463 e. The van der Waals surface area contributed by atoms with E-state index in [1.54, 1.807) is 0 Å². The van der Waals surface area contributed by atoms with E-state index in [2.05, 4.69) is 26.0 Å². The van der Waals surface area contributed by atoms with Crippen LogP contribution >= 0.6 is 0 Å². The molecule has 0 bridgehead atoms. The average Bonchev–Trinajstić information content (AvgIpc) is 2.95. The van der Waals surface area contributed by atoms with Crippen LogP contribution in [-0.2, 0) is 19.1 Å². The molecule has 1 unspecified atom stereocenters. The van der Waals surface area contributed by atoms with Crippen LogP contribution in [-0.4, -0.2) is 36.4 Å². The van der Waals surface area contributed by atoms with Gasteiger partial charge in [-0.3, -0.25) is 9.59 Å². The van der Waals surface area contributed by atoms with E-state index >= 15 is 0 Å². The molecule has 40 heavy (non-hydrogen) atoms. The van der Waals surface area contributed by atoms with E-state index in [0.717, 1.165) is 38.5 Å². The van der Waals surface area contributed by atoms with Crippen LogP contribution in [0.3, 0.4) is 0 Å². The molecular formula is C35H66O5. The van der Waals surface area contributed by atoms with Gasteiger partial charge in [-0.25, -0.2) is 0 Å². The lowest BCUT2D eigenvalue weighted by atomic mass is 10.0. The molecule has 1 atom stereocenters. The second-order valence-electron chi connectivity index (χ2n) is 11.6. The van der Waals surface area contributed by atoms with Crippen LogP contribution in [0.2, 0.25) is 0 Å². The normalized spacial score (nSPS) is 12.2. The van der Waals surface area contributed by atoms with Gasteiger partial charge in [0.05, 0.1) is 0 Å². The van der Waals surface area contributed by atoms with Crippen LogP contribution in [0.5, 0.6) is 0 Å². The predicted molar refractivity (Wildman–Crippen MR) is 168 cm³/mol. The van der Waals surface area contributed by atoms with Gasteiger partial charge in [0.15, 0.2) is 0 Å². The lowest BCUT2D eigenvalue weighted by molar-refractivity contribution is -0.152. The minimum Gasteiger partial charge on any atom is -0.463 e. The number of carbonyl (C=O) groups excluding carboxylic acids is 2. The minimum absolute atomic E-state index is 0.113. The zero-order valence-electron chi connectivity index (χ0n) is 26.6. The predicted octanol–water partition coefficient (Wildman–Crippen LogP) is 10.2. The summed E-state index contributed by atoms with van der Waals surface area (Å²) < 4.78 is 10.3. The molecule has 0 rings (SSSR count). The van der Waals surface area contributed by atoms with E-state index in [4.69, 9.17) is 9.47 Å². The van der Waals surface area contributed by atoms with Crippen molar-refractivity contribution in [2.45, 2.75) is 187 Å². The molecule has 5 nitrogen and oxygen atoms in total. The van der Waals surface area contributed by atoms with Crippen molar-refractivity contribution in [3.8, 4) is 0 Å². The molecule has 0 radical (unpaired) electrons. The molecule has 0 aliphatic heterocycles. The van der Waals surface area contributed by atoms with Crippen molar-refractivity contribution in [3.05, 3.63) is 12.2 Å². The quantitative estimate of drug-likeness (QED) is 0.0513. The molecule has 0 heterocycles. The maximum atomic E-state index is 11.9. The molecule has 0 aromatic heterocycles. The van der Waals surface area contributed by atoms with Crippen LogP contribution in [0, 0.1) is 0 Å². The Balaban J connectivity index is 3.43. The summed E-state index contributed by atoms with van der Waals surface area (Å²) in [5.41, 5.74) is 0. The number of ether oxygens (including phenoxy) is 2. The Morgan fingerprint density at radius 2 is 0.800 bits per heavy atom. The maximum absolute atomic E-state index is 11.9. The SMILES string of the molecule is CCCCCC/C=C\CCCCCCCC(=O)OCC(O)COC(=O)CCCCCCCCCCCCCCC. The lowest BCUT2D eigenvalue weighted by Crippen LogP contribution is -2.25. The summed E-state index contributed by atoms with van der Waals surface area (Å²) in [7, 11) is 0. The van der Waals surface area contributed by atoms with Crippen molar-refractivity contribution < 1.29 is 24.2 Å². The first-order valence-corrected chi connectivity index (χ1v) is 17.2. The molecule has 0 saturated carbocycles. The van der Waals surface area contributed by atoms with Crippen molar-refractivity contribution in [2.75, 3.05) is 13.2 Å². The number of unbranched alkanes of at least 4 members (excludes halogenated alkanes) is 21. The number of rotatable bonds is 31. The standard InChI is InChI=1S/C35H66O5/c1-3-5-7-9-11-13-15-17-19-21-23-25-27-29-34(37)39-31-33(36)32-40-35(38)30-28-26-24-22-20-18-16-14-12-10-8-6-4-2/h13,15,33,36H,3-12,14,16-32H2,1-2H3/b15-13-. The lowest BCUT2D eigenvalue weighted by Gasteiger charge is -2.12. The Labute approximate surface area is 248 Å². The van der Waals surface area contributed by atoms with Crippen LogP contribution in [0.25, 0.3) is 0 Å². The average molecular weight is 567 g/mol. The molecule has 0 aliphatic carbocycles. The van der Waals surface area contributed by atoms with Crippen LogP contribution in [0.15, 0.2) is 12.2 Å². The topological polar surface area (TPSA) is 72.8 Å². The number of aliphatic hydroxyl groups is 1. The third-order valence-corrected chi connectivity index (χ3v) is 7.50. The molecule has 0 spiro atoms. The third-order valence-electron chi connectivity index (χ3n) is 7.50. The second-order valence-corrected chi connectivity index (χ2v) is 11.6. The van der Waals surface area contributed by atoms with Gasteiger partial charge in [-0.2, -0.15) is 0 Å². The van der Waals surface area contributed by atoms with Gasteiger partial charge in [-0.15, -0.1) is 0 Å². The summed E-state index contributed by atoms with van der Waals surface area (Å²) >= 11 is 0. The minimum atomic E-state index is -0.959. The van der Waals surface area contributed by atoms with Crippen molar-refractivity contribution in [2.24, 2.45) is 0 Å². The number of allylic oxidation sites excluding steroid dienone is 2. The summed E-state index contributed by atoms with van der Waals surface area (Å²) in [5, 5.41) is 9.96. The monoisotopic (exact) mass is 566 g/mol. The Morgan fingerprint density at radius 3 is 1.18 bits per heavy atom. The molecule has 1 N–H and O–H groups in total. The first kappa shape index (κ1) is 38.6. The first-order valence-electron chi connectivity index (χ1n) is 17.2. The van der Waals surface area contributed by atoms with Crippen molar-refractivity contribution in [1.82, 2.24) is 0 Å². The van der Waals surface area contributed by atoms with Crippen LogP contribution in [0.1, 0.15) is 181 Å². The van der Waals surface area contributed by atoms with Gasteiger partial charge in [0.1, 0.15) is 19.3 Å². The van der Waals surface area contributed by atoms with Gasteiger partial charge in [-0.1, -0.05) is 142 Å². The van der Waals surface area contributed by atoms with Gasteiger partial charge in [0, 0.05) is 12.8 Å². The molecule has 0 aliphatic rings. The molecule has 5 heteroatoms. The smallest absolute Gasteiger partial charge is 0.305 e. The van der Waals surface area contributed by atoms with Crippen LogP contribution in [0.4, 0.5) is 0 Å². The highest BCUT2D eigenvalue weighted by atomic mass is 16.6. The number of aliphatic hydroxyl groups excluding tert-OH is 1. The second kappa shape index (κ2) is 32.2. The zero-order valence-corrected chi connectivity index (χ0v) is 26.6. The van der Waals surface area contributed by atoms with Gasteiger partial charge < -0.3 is 14.6 Å². The highest BCUT2D eigenvalue weighted by molar-refractivity contribution is 5.69. The number of hydrogen-bond acceptors (Lipinski definition) is 5. The Morgan fingerprint density at radius 1 is 0.500 bits per heavy atom. The van der Waals surface area contributed by atoms with E-state index in [0.29, 0.717) is 12.8 Å². The van der Waals surface area contributed by atoms with Crippen molar-refractivity contribution in [3.63, 3.8) is 0 Å². The maximum Gasteiger partial charge on any atom is 0.305 e. The Kier molecular flexibility index (Phi) is 31.1. The van der Waals surface area contributed by atoms with E-state index in [9.17, 15) is 14.7 Å². The molecule has 236 valence electrons. The number of carbonyl (C=O) groups is 2. The molecule has 0 fully saturated rings. The summed E-state index contributed by atoms with van der Waals surface area (Å²) in [6, 6.07) is 0. The molecule has 0 amide bonds. The van der Waals surface area contributed by atoms with Crippen LogP contribution < -0.4 is 0 Å². The number of esters is 2. The fourth-order valence-electron chi connectivity index (χ4n) is 4.84. The number of hydrogen-bond donors (Lipinski definition) is 1. The summed E-state index contributed by atoms with van der Waals surface area (Å²) in [6.07, 6.45) is 34.0. The van der Waals surface area contributed by atoms with E-state index < -0.39 is 6.10 Å². The summed E-state index contributed by atoms with van der Waals surface area (Å²) in [4.78, 5) is 23.8. The van der Waals surface area contributed by atoms with Gasteiger partial charge in [0.25, 0.3) is 0 Å². The fraction of sp³-hybridized carbons (Fsp3) is 0.886. The van der Waals surface area contributed by atoms with E-state index in [-0.39, 0.29) is 25.2 Å². The van der Waals surface area contributed by atoms with Gasteiger partial charge >= 0.3 is 11.9 Å². The highest BCUT2D eigenvalue weighted by Gasteiger charge is 2.12. The Bertz CT molecular complexity index is 574. The molecule has 0 saturated heterocycles. The molecule has 0 aromatic carbocycles. The van der Waals surface area contributed by atoms with Gasteiger partial charge in [0.2, 0.25) is 0 Å². The van der Waals surface area contributed by atoms with E-state index in [1.165, 1.54) is 116 Å². The van der Waals surface area contributed by atoms with E-state index in [1.807, 2.05) is 0 Å².